The van der Waals surface area contributed by atoms with Crippen LogP contribution in [0.25, 0.3) is 5.65 Å². The Kier molecular flexibility index (Phi) is 3.79. The Morgan fingerprint density at radius 3 is 3.19 bits per heavy atom. The van der Waals surface area contributed by atoms with Crippen molar-refractivity contribution in [3.63, 3.8) is 0 Å². The number of aliphatic hydroxyl groups is 1. The van der Waals surface area contributed by atoms with Gasteiger partial charge in [0.2, 0.25) is 0 Å². The normalized spacial score (nSPS) is 19.8. The van der Waals surface area contributed by atoms with Gasteiger partial charge in [-0.2, -0.15) is 5.10 Å². The van der Waals surface area contributed by atoms with Crippen molar-refractivity contribution in [2.45, 2.75) is 13.0 Å². The Bertz CT molecular complexity index is 687. The topological polar surface area (TPSA) is 80.0 Å². The summed E-state index contributed by atoms with van der Waals surface area (Å²) >= 11 is 6.21. The molecule has 3 rings (SSSR count). The molecule has 1 unspecified atom stereocenters. The number of hydrogen-bond acceptors (Lipinski definition) is 5. The van der Waals surface area contributed by atoms with Crippen LogP contribution in [0.2, 0.25) is 5.02 Å². The Hall–Kier alpha value is -1.70. The van der Waals surface area contributed by atoms with E-state index in [0.717, 1.165) is 5.56 Å². The van der Waals surface area contributed by atoms with Gasteiger partial charge in [-0.15, -0.1) is 0 Å². The number of rotatable bonds is 1. The number of ether oxygens (including phenoxy) is 1. The standard InChI is InChI=1S/C13H15ClN4O3/c1-8-4-15-12-10(14)11(16-18(12)5-8)13(20)17-2-3-21-7-9(19)6-17/h4-5,9,19H,2-3,6-7H2,1H3. The van der Waals surface area contributed by atoms with Crippen LogP contribution in [0.5, 0.6) is 0 Å². The van der Waals surface area contributed by atoms with Crippen molar-refractivity contribution in [1.82, 2.24) is 19.5 Å². The molecule has 112 valence electrons. The van der Waals surface area contributed by atoms with Crippen molar-refractivity contribution in [3.8, 4) is 0 Å². The summed E-state index contributed by atoms with van der Waals surface area (Å²) in [4.78, 5) is 18.2. The third-order valence-corrected chi connectivity index (χ3v) is 3.63. The molecule has 21 heavy (non-hydrogen) atoms. The number of aliphatic hydroxyl groups excluding tert-OH is 1. The number of nitrogens with zero attached hydrogens (tertiary/aromatic N) is 4. The van der Waals surface area contributed by atoms with Crippen LogP contribution in [-0.4, -0.2) is 62.9 Å². The van der Waals surface area contributed by atoms with Gasteiger partial charge in [0.25, 0.3) is 5.91 Å². The molecule has 0 aliphatic carbocycles. The van der Waals surface area contributed by atoms with Crippen molar-refractivity contribution < 1.29 is 14.6 Å². The minimum absolute atomic E-state index is 0.142. The summed E-state index contributed by atoms with van der Waals surface area (Å²) in [5, 5.41) is 14.1. The lowest BCUT2D eigenvalue weighted by Crippen LogP contribution is -2.38. The molecule has 8 heteroatoms. The van der Waals surface area contributed by atoms with Crippen molar-refractivity contribution in [2.24, 2.45) is 0 Å². The van der Waals surface area contributed by atoms with E-state index >= 15 is 0 Å². The molecule has 0 aromatic carbocycles. The van der Waals surface area contributed by atoms with E-state index in [1.165, 1.54) is 9.42 Å². The fraction of sp³-hybridized carbons (Fsp3) is 0.462. The number of aryl methyl sites for hydroxylation is 1. The van der Waals surface area contributed by atoms with Gasteiger partial charge < -0.3 is 14.7 Å². The maximum atomic E-state index is 12.5. The highest BCUT2D eigenvalue weighted by molar-refractivity contribution is 6.36. The van der Waals surface area contributed by atoms with E-state index in [1.807, 2.05) is 6.92 Å². The van der Waals surface area contributed by atoms with Crippen molar-refractivity contribution in [2.75, 3.05) is 26.3 Å². The van der Waals surface area contributed by atoms with Crippen LogP contribution in [-0.2, 0) is 4.74 Å². The highest BCUT2D eigenvalue weighted by atomic mass is 35.5. The number of β-amino-alcohol motifs (C(OH)–C–C–N with tert-alkyl or cyclic N) is 1. The Morgan fingerprint density at radius 2 is 2.38 bits per heavy atom. The molecular formula is C13H15ClN4O3. The Labute approximate surface area is 126 Å². The summed E-state index contributed by atoms with van der Waals surface area (Å²) in [6.45, 7) is 3.09. The van der Waals surface area contributed by atoms with Crippen LogP contribution < -0.4 is 0 Å². The van der Waals surface area contributed by atoms with Crippen molar-refractivity contribution in [1.29, 1.82) is 0 Å². The second-order valence-corrected chi connectivity index (χ2v) is 5.42. The highest BCUT2D eigenvalue weighted by Gasteiger charge is 2.27. The summed E-state index contributed by atoms with van der Waals surface area (Å²) in [6.07, 6.45) is 2.72. The Balaban J connectivity index is 1.95. The summed E-state index contributed by atoms with van der Waals surface area (Å²) in [5.74, 6) is -0.326. The molecule has 0 spiro atoms. The number of amides is 1. The first-order valence-electron chi connectivity index (χ1n) is 6.62. The molecule has 1 N–H and O–H groups in total. The molecule has 0 saturated carbocycles. The second kappa shape index (κ2) is 5.59. The first kappa shape index (κ1) is 14.2. The summed E-state index contributed by atoms with van der Waals surface area (Å²) in [6, 6.07) is 0. The fourth-order valence-electron chi connectivity index (χ4n) is 2.26. The molecule has 2 aromatic heterocycles. The van der Waals surface area contributed by atoms with Gasteiger partial charge in [-0.1, -0.05) is 11.6 Å². The predicted octanol–water partition coefficient (Wildman–Crippen LogP) is 0.524. The number of halogens is 1. The first-order chi connectivity index (χ1) is 10.1. The van der Waals surface area contributed by atoms with E-state index in [4.69, 9.17) is 16.3 Å². The first-order valence-corrected chi connectivity index (χ1v) is 6.99. The third-order valence-electron chi connectivity index (χ3n) is 3.28. The molecule has 0 bridgehead atoms. The van der Waals surface area contributed by atoms with Gasteiger partial charge in [0, 0.05) is 25.5 Å². The van der Waals surface area contributed by atoms with Crippen LogP contribution in [0, 0.1) is 6.92 Å². The molecule has 1 amide bonds. The lowest BCUT2D eigenvalue weighted by Gasteiger charge is -2.20. The quantitative estimate of drug-likeness (QED) is 0.831. The maximum absolute atomic E-state index is 12.5. The molecule has 3 heterocycles. The molecular weight excluding hydrogens is 296 g/mol. The maximum Gasteiger partial charge on any atom is 0.276 e. The predicted molar refractivity (Wildman–Crippen MR) is 75.5 cm³/mol. The summed E-state index contributed by atoms with van der Waals surface area (Å²) < 4.78 is 6.71. The van der Waals surface area contributed by atoms with Gasteiger partial charge in [0.1, 0.15) is 5.02 Å². The van der Waals surface area contributed by atoms with Crippen LogP contribution in [0.3, 0.4) is 0 Å². The second-order valence-electron chi connectivity index (χ2n) is 5.04. The van der Waals surface area contributed by atoms with E-state index < -0.39 is 6.10 Å². The van der Waals surface area contributed by atoms with E-state index in [0.29, 0.717) is 18.8 Å². The molecule has 1 atom stereocenters. The zero-order valence-corrected chi connectivity index (χ0v) is 12.2. The lowest BCUT2D eigenvalue weighted by molar-refractivity contribution is 0.0533. The van der Waals surface area contributed by atoms with Gasteiger partial charge in [0.15, 0.2) is 11.3 Å². The average Bonchev–Trinajstić information content (AvgIpc) is 2.63. The van der Waals surface area contributed by atoms with Gasteiger partial charge in [0.05, 0.1) is 19.3 Å². The largest absolute Gasteiger partial charge is 0.389 e. The number of carbonyl (C=O) groups excluding carboxylic acids is 1. The Morgan fingerprint density at radius 1 is 1.57 bits per heavy atom. The van der Waals surface area contributed by atoms with Gasteiger partial charge in [-0.05, 0) is 12.5 Å². The lowest BCUT2D eigenvalue weighted by atomic mass is 10.3. The molecule has 1 fully saturated rings. The molecule has 1 aliphatic rings. The molecule has 0 radical (unpaired) electrons. The van der Waals surface area contributed by atoms with Crippen LogP contribution in [0.4, 0.5) is 0 Å². The summed E-state index contributed by atoms with van der Waals surface area (Å²) in [7, 11) is 0. The zero-order valence-electron chi connectivity index (χ0n) is 11.5. The van der Waals surface area contributed by atoms with E-state index in [2.05, 4.69) is 10.1 Å². The number of fused-ring (bicyclic) bond motifs is 1. The minimum atomic E-state index is -0.701. The van der Waals surface area contributed by atoms with Crippen LogP contribution >= 0.6 is 11.6 Å². The number of aromatic nitrogens is 3. The molecule has 1 aliphatic heterocycles. The smallest absolute Gasteiger partial charge is 0.276 e. The molecule has 7 nitrogen and oxygen atoms in total. The van der Waals surface area contributed by atoms with Crippen molar-refractivity contribution in [3.05, 3.63) is 28.7 Å². The van der Waals surface area contributed by atoms with E-state index in [9.17, 15) is 9.90 Å². The van der Waals surface area contributed by atoms with Gasteiger partial charge in [-0.3, -0.25) is 4.79 Å². The average molecular weight is 311 g/mol. The van der Waals surface area contributed by atoms with Crippen LogP contribution in [0.1, 0.15) is 16.1 Å². The van der Waals surface area contributed by atoms with Gasteiger partial charge in [-0.25, -0.2) is 9.50 Å². The van der Waals surface area contributed by atoms with Crippen molar-refractivity contribution >= 4 is 23.2 Å². The SMILES string of the molecule is Cc1cnc2c(Cl)c(C(=O)N3CCOCC(O)C3)nn2c1. The molecule has 1 saturated heterocycles. The van der Waals surface area contributed by atoms with E-state index in [1.54, 1.807) is 12.4 Å². The van der Waals surface area contributed by atoms with E-state index in [-0.39, 0.29) is 29.8 Å². The number of carbonyl (C=O) groups is 1. The van der Waals surface area contributed by atoms with Crippen LogP contribution in [0.15, 0.2) is 12.4 Å². The minimum Gasteiger partial charge on any atom is -0.389 e. The third kappa shape index (κ3) is 2.72. The van der Waals surface area contributed by atoms with Gasteiger partial charge >= 0.3 is 0 Å². The number of hydrogen-bond donors (Lipinski definition) is 1. The monoisotopic (exact) mass is 310 g/mol. The highest BCUT2D eigenvalue weighted by Crippen LogP contribution is 2.22. The zero-order chi connectivity index (χ0) is 15.0. The summed E-state index contributed by atoms with van der Waals surface area (Å²) in [5.41, 5.74) is 1.50. The molecule has 2 aromatic rings. The fourth-order valence-corrected chi connectivity index (χ4v) is 2.52.